The molecular weight excluding hydrogens is 372 g/mol. The lowest BCUT2D eigenvalue weighted by molar-refractivity contribution is -0.383. The van der Waals surface area contributed by atoms with Gasteiger partial charge >= 0.3 is 15.8 Å². The Morgan fingerprint density at radius 1 is 1.38 bits per heavy atom. The van der Waals surface area contributed by atoms with Gasteiger partial charge in [0.1, 0.15) is 11.4 Å². The molecule has 1 heterocycles. The predicted molar refractivity (Wildman–Crippen MR) is 86.6 cm³/mol. The van der Waals surface area contributed by atoms with Crippen molar-refractivity contribution in [3.8, 4) is 0 Å². The van der Waals surface area contributed by atoms with E-state index in [-0.39, 0.29) is 12.8 Å². The van der Waals surface area contributed by atoms with Crippen molar-refractivity contribution in [2.45, 2.75) is 24.8 Å². The third kappa shape index (κ3) is 3.15. The monoisotopic (exact) mass is 384 g/mol. The molecule has 138 valence electrons. The Hall–Kier alpha value is -3.22. The normalized spacial score (nSPS) is 16.8. The molecule has 0 spiro atoms. The number of nitrogens with one attached hydrogen (secondary N) is 1. The van der Waals surface area contributed by atoms with Crippen molar-refractivity contribution >= 4 is 39.0 Å². The molecule has 26 heavy (non-hydrogen) atoms. The zero-order valence-corrected chi connectivity index (χ0v) is 14.0. The van der Waals surface area contributed by atoms with E-state index in [1.165, 1.54) is 6.07 Å². The third-order valence-corrected chi connectivity index (χ3v) is 4.99. The summed E-state index contributed by atoms with van der Waals surface area (Å²) in [5.41, 5.74) is 6.80. The molecule has 2 rings (SSSR count). The number of hydrogen-bond donors (Lipinski definition) is 2. The van der Waals surface area contributed by atoms with Crippen molar-refractivity contribution in [2.24, 2.45) is 5.11 Å². The van der Waals surface area contributed by atoms with Crippen LogP contribution in [0.5, 0.6) is 0 Å². The molecule has 1 unspecified atom stereocenters. The molecule has 0 aromatic heterocycles. The number of amides is 2. The zero-order chi connectivity index (χ0) is 19.7. The van der Waals surface area contributed by atoms with Crippen LogP contribution in [0.2, 0.25) is 0 Å². The number of azide groups is 1. The fourth-order valence-electron chi connectivity index (χ4n) is 2.49. The summed E-state index contributed by atoms with van der Waals surface area (Å²) in [6.45, 7) is 0.813. The summed E-state index contributed by atoms with van der Waals surface area (Å²) in [5.74, 6) is -1.76. The van der Waals surface area contributed by atoms with E-state index in [0.29, 0.717) is 4.90 Å². The number of nitro groups is 1. The van der Waals surface area contributed by atoms with Gasteiger partial charge in [-0.2, -0.15) is 8.42 Å². The molecule has 1 aliphatic rings. The van der Waals surface area contributed by atoms with Crippen molar-refractivity contribution in [2.75, 3.05) is 5.32 Å². The summed E-state index contributed by atoms with van der Waals surface area (Å²) in [4.78, 5) is 34.3. The van der Waals surface area contributed by atoms with E-state index in [9.17, 15) is 32.7 Å². The Bertz CT molecular complexity index is 939. The predicted octanol–water partition coefficient (Wildman–Crippen LogP) is 1.66. The topological polar surface area (TPSA) is 196 Å². The van der Waals surface area contributed by atoms with E-state index in [0.717, 1.165) is 19.1 Å². The van der Waals surface area contributed by atoms with E-state index >= 15 is 0 Å². The molecule has 13 nitrogen and oxygen atoms in total. The van der Waals surface area contributed by atoms with Gasteiger partial charge in [-0.05, 0) is 24.6 Å². The lowest BCUT2D eigenvalue weighted by atomic mass is 10.2. The molecule has 2 N–H and O–H groups in total. The van der Waals surface area contributed by atoms with Crippen LogP contribution in [0.15, 0.2) is 23.3 Å². The van der Waals surface area contributed by atoms with Crippen molar-refractivity contribution in [1.29, 1.82) is 0 Å². The van der Waals surface area contributed by atoms with Crippen LogP contribution in [0, 0.1) is 10.1 Å². The fourth-order valence-corrected chi connectivity index (χ4v) is 3.16. The molecule has 1 aliphatic heterocycles. The highest BCUT2D eigenvalue weighted by molar-refractivity contribution is 7.87. The standard InChI is InChI=1S/C12H12N6O7S/c1-12(26(23,24)25,17-9(19)5-6-10(17)20)14-7-3-2-4-8(15-16-13)11(7)18(21)22/h2-4,14H,5-6H2,1H3,(H,23,24,25). The average molecular weight is 384 g/mol. The molecule has 1 atom stereocenters. The summed E-state index contributed by atoms with van der Waals surface area (Å²) in [6, 6.07) is 3.40. The van der Waals surface area contributed by atoms with Gasteiger partial charge in [-0.1, -0.05) is 11.2 Å². The molecule has 1 fully saturated rings. The number of carbonyl (C=O) groups is 2. The Morgan fingerprint density at radius 2 is 1.96 bits per heavy atom. The summed E-state index contributed by atoms with van der Waals surface area (Å²) in [6.07, 6.45) is -0.543. The maximum atomic E-state index is 11.9. The number of benzene rings is 1. The second-order valence-electron chi connectivity index (χ2n) is 5.33. The quantitative estimate of drug-likeness (QED) is 0.140. The number of nitrogens with zero attached hydrogens (tertiary/aromatic N) is 5. The molecular formula is C12H12N6O7S. The maximum absolute atomic E-state index is 11.9. The third-order valence-electron chi connectivity index (χ3n) is 3.70. The number of para-hydroxylation sites is 1. The molecule has 1 aromatic carbocycles. The van der Waals surface area contributed by atoms with Gasteiger partial charge in [0.2, 0.25) is 16.8 Å². The van der Waals surface area contributed by atoms with Crippen LogP contribution in [-0.4, -0.2) is 39.6 Å². The number of hydrogen-bond acceptors (Lipinski definition) is 8. The number of likely N-dealkylation sites (tertiary alicyclic amines) is 1. The van der Waals surface area contributed by atoms with Crippen LogP contribution in [0.4, 0.5) is 17.1 Å². The summed E-state index contributed by atoms with van der Waals surface area (Å²) in [7, 11) is -5.13. The fraction of sp³-hybridized carbons (Fsp3) is 0.333. The van der Waals surface area contributed by atoms with Gasteiger partial charge in [-0.15, -0.1) is 0 Å². The molecule has 2 amide bonds. The van der Waals surface area contributed by atoms with E-state index in [2.05, 4.69) is 15.3 Å². The zero-order valence-electron chi connectivity index (χ0n) is 13.2. The molecule has 0 radical (unpaired) electrons. The maximum Gasteiger partial charge on any atom is 0.309 e. The molecule has 0 saturated carbocycles. The highest BCUT2D eigenvalue weighted by atomic mass is 32.2. The smallest absolute Gasteiger partial charge is 0.309 e. The summed E-state index contributed by atoms with van der Waals surface area (Å²) < 4.78 is 33.5. The van der Waals surface area contributed by atoms with E-state index in [1.54, 1.807) is 0 Å². The van der Waals surface area contributed by atoms with Crippen molar-refractivity contribution in [1.82, 2.24) is 4.90 Å². The van der Waals surface area contributed by atoms with Crippen LogP contribution < -0.4 is 5.32 Å². The minimum atomic E-state index is -5.13. The van der Waals surface area contributed by atoms with E-state index in [1.807, 2.05) is 0 Å². The van der Waals surface area contributed by atoms with Gasteiger partial charge in [-0.25, -0.2) is 4.90 Å². The lowest BCUT2D eigenvalue weighted by Crippen LogP contribution is -2.59. The molecule has 0 bridgehead atoms. The van der Waals surface area contributed by atoms with Crippen LogP contribution in [0.3, 0.4) is 0 Å². The number of imide groups is 1. The Kier molecular flexibility index (Phi) is 4.84. The SMILES string of the molecule is CC(Nc1cccc(N=[N+]=[N-])c1[N+](=O)[O-])(N1C(=O)CCC1=O)S(=O)(=O)O. The van der Waals surface area contributed by atoms with Gasteiger partial charge in [0.15, 0.2) is 0 Å². The number of carbonyl (C=O) groups excluding carboxylic acids is 2. The highest BCUT2D eigenvalue weighted by Crippen LogP contribution is 2.38. The van der Waals surface area contributed by atoms with Gasteiger partial charge in [0, 0.05) is 17.8 Å². The van der Waals surface area contributed by atoms with E-state index < -0.39 is 48.9 Å². The summed E-state index contributed by atoms with van der Waals surface area (Å²) >= 11 is 0. The number of anilines is 1. The Balaban J connectivity index is 2.67. The van der Waals surface area contributed by atoms with Crippen molar-refractivity contribution in [3.05, 3.63) is 38.8 Å². The first-order chi connectivity index (χ1) is 12.0. The first-order valence-corrected chi connectivity index (χ1v) is 8.40. The van der Waals surface area contributed by atoms with Crippen molar-refractivity contribution < 1.29 is 27.5 Å². The van der Waals surface area contributed by atoms with Crippen LogP contribution in [0.1, 0.15) is 19.8 Å². The Labute approximate surface area is 146 Å². The average Bonchev–Trinajstić information content (AvgIpc) is 2.85. The van der Waals surface area contributed by atoms with Crippen molar-refractivity contribution in [3.63, 3.8) is 0 Å². The second kappa shape index (κ2) is 6.59. The largest absolute Gasteiger partial charge is 0.342 e. The van der Waals surface area contributed by atoms with Crippen LogP contribution in [-0.2, 0) is 19.7 Å². The van der Waals surface area contributed by atoms with Gasteiger partial charge in [0.25, 0.3) is 0 Å². The van der Waals surface area contributed by atoms with Gasteiger partial charge < -0.3 is 5.32 Å². The lowest BCUT2D eigenvalue weighted by Gasteiger charge is -2.35. The summed E-state index contributed by atoms with van der Waals surface area (Å²) in [5, 5.41) is 16.6. The van der Waals surface area contributed by atoms with E-state index in [4.69, 9.17) is 5.53 Å². The second-order valence-corrected chi connectivity index (χ2v) is 7.07. The number of nitro benzene ring substituents is 1. The minimum Gasteiger partial charge on any atom is -0.342 e. The Morgan fingerprint density at radius 3 is 2.42 bits per heavy atom. The molecule has 1 aromatic rings. The molecule has 14 heteroatoms. The molecule has 1 saturated heterocycles. The van der Waals surface area contributed by atoms with Gasteiger partial charge in [0.05, 0.1) is 4.92 Å². The first-order valence-electron chi connectivity index (χ1n) is 6.96. The number of rotatable bonds is 6. The molecule has 0 aliphatic carbocycles. The van der Waals surface area contributed by atoms with Crippen LogP contribution >= 0.6 is 0 Å². The highest BCUT2D eigenvalue weighted by Gasteiger charge is 2.52. The minimum absolute atomic E-state index is 0.271. The van der Waals surface area contributed by atoms with Gasteiger partial charge in [-0.3, -0.25) is 24.3 Å². The first kappa shape index (κ1) is 19.1. The van der Waals surface area contributed by atoms with Crippen LogP contribution in [0.25, 0.3) is 10.4 Å².